The molecule has 23 heavy (non-hydrogen) atoms. The normalized spacial score (nSPS) is 10.7. The topological polar surface area (TPSA) is 62.2 Å². The fourth-order valence-corrected chi connectivity index (χ4v) is 2.61. The van der Waals surface area contributed by atoms with Crippen molar-refractivity contribution in [2.45, 2.75) is 6.42 Å². The molecule has 0 amide bonds. The van der Waals surface area contributed by atoms with Crippen molar-refractivity contribution < 1.29 is 9.90 Å². The Morgan fingerprint density at radius 1 is 1.09 bits per heavy atom. The number of fused-ring (bicyclic) bond motifs is 1. The third kappa shape index (κ3) is 3.55. The maximum atomic E-state index is 11.0. The molecule has 6 heteroatoms. The van der Waals surface area contributed by atoms with Gasteiger partial charge >= 0.3 is 5.97 Å². The van der Waals surface area contributed by atoms with Gasteiger partial charge in [-0.2, -0.15) is 0 Å². The number of aliphatic carboxylic acids is 1. The highest BCUT2D eigenvalue weighted by molar-refractivity contribution is 6.42. The number of aromatic nitrogens is 1. The third-order valence-electron chi connectivity index (χ3n) is 3.30. The van der Waals surface area contributed by atoms with Crippen LogP contribution in [0.25, 0.3) is 10.9 Å². The van der Waals surface area contributed by atoms with E-state index in [9.17, 15) is 4.79 Å². The summed E-state index contributed by atoms with van der Waals surface area (Å²) in [5.74, 6) is -0.923. The largest absolute Gasteiger partial charge is 0.481 e. The van der Waals surface area contributed by atoms with Crippen LogP contribution >= 0.6 is 23.2 Å². The van der Waals surface area contributed by atoms with Crippen molar-refractivity contribution in [1.29, 1.82) is 0 Å². The summed E-state index contributed by atoms with van der Waals surface area (Å²) in [7, 11) is 0. The van der Waals surface area contributed by atoms with Gasteiger partial charge in [0.25, 0.3) is 0 Å². The Morgan fingerprint density at radius 3 is 2.61 bits per heavy atom. The molecule has 0 unspecified atom stereocenters. The molecule has 2 N–H and O–H groups in total. The molecule has 0 saturated carbocycles. The molecule has 0 radical (unpaired) electrons. The van der Waals surface area contributed by atoms with Crippen LogP contribution in [-0.4, -0.2) is 16.1 Å². The van der Waals surface area contributed by atoms with Crippen molar-refractivity contribution in [2.24, 2.45) is 0 Å². The average molecular weight is 347 g/mol. The number of halogens is 2. The van der Waals surface area contributed by atoms with Gasteiger partial charge in [-0.25, -0.2) is 0 Å². The summed E-state index contributed by atoms with van der Waals surface area (Å²) in [5, 5.41) is 14.1. The lowest BCUT2D eigenvalue weighted by Crippen LogP contribution is -2.04. The minimum atomic E-state index is -0.923. The standard InChI is InChI=1S/C17H12Cl2N2O2/c18-13-6-5-10(7-14(13)19)20-16-8-11(9-17(22)23)21-15-4-2-1-3-12(15)16/h1-8H,9H2,(H,20,21)(H,22,23). The van der Waals surface area contributed by atoms with Crippen molar-refractivity contribution in [3.8, 4) is 0 Å². The van der Waals surface area contributed by atoms with E-state index in [0.29, 0.717) is 15.7 Å². The van der Waals surface area contributed by atoms with Crippen molar-refractivity contribution in [3.63, 3.8) is 0 Å². The second-order valence-electron chi connectivity index (χ2n) is 5.00. The van der Waals surface area contributed by atoms with Crippen molar-refractivity contribution in [1.82, 2.24) is 4.98 Å². The predicted molar refractivity (Wildman–Crippen MR) is 92.8 cm³/mol. The zero-order valence-electron chi connectivity index (χ0n) is 11.9. The first-order valence-electron chi connectivity index (χ1n) is 6.85. The van der Waals surface area contributed by atoms with Crippen LogP contribution in [0.4, 0.5) is 11.4 Å². The molecule has 3 aromatic rings. The zero-order valence-corrected chi connectivity index (χ0v) is 13.4. The van der Waals surface area contributed by atoms with Gasteiger partial charge in [0.2, 0.25) is 0 Å². The van der Waals surface area contributed by atoms with E-state index >= 15 is 0 Å². The molecule has 0 aliphatic carbocycles. The molecule has 0 spiro atoms. The lowest BCUT2D eigenvalue weighted by Gasteiger charge is -2.12. The fourth-order valence-electron chi connectivity index (χ4n) is 2.31. The number of pyridine rings is 1. The Balaban J connectivity index is 2.06. The summed E-state index contributed by atoms with van der Waals surface area (Å²) >= 11 is 12.0. The van der Waals surface area contributed by atoms with Crippen LogP contribution < -0.4 is 5.32 Å². The quantitative estimate of drug-likeness (QED) is 0.704. The summed E-state index contributed by atoms with van der Waals surface area (Å²) in [6.07, 6.45) is -0.138. The Kier molecular flexibility index (Phi) is 4.37. The maximum absolute atomic E-state index is 11.0. The number of carboxylic acids is 1. The highest BCUT2D eigenvalue weighted by Crippen LogP contribution is 2.30. The minimum absolute atomic E-state index is 0.138. The van der Waals surface area contributed by atoms with Crippen molar-refractivity contribution in [3.05, 3.63) is 64.3 Å². The number of benzene rings is 2. The summed E-state index contributed by atoms with van der Waals surface area (Å²) < 4.78 is 0. The number of anilines is 2. The van der Waals surface area contributed by atoms with E-state index in [4.69, 9.17) is 28.3 Å². The second-order valence-corrected chi connectivity index (χ2v) is 5.82. The number of hydrogen-bond acceptors (Lipinski definition) is 3. The molecular weight excluding hydrogens is 335 g/mol. The van der Waals surface area contributed by atoms with Crippen LogP contribution in [0.1, 0.15) is 5.69 Å². The van der Waals surface area contributed by atoms with E-state index in [1.807, 2.05) is 24.3 Å². The molecular formula is C17H12Cl2N2O2. The molecule has 2 aromatic carbocycles. The molecule has 0 atom stereocenters. The molecule has 1 heterocycles. The van der Waals surface area contributed by atoms with Crippen LogP contribution in [0.5, 0.6) is 0 Å². The van der Waals surface area contributed by atoms with Crippen LogP contribution in [0.3, 0.4) is 0 Å². The summed E-state index contributed by atoms with van der Waals surface area (Å²) in [4.78, 5) is 15.3. The highest BCUT2D eigenvalue weighted by Gasteiger charge is 2.09. The number of nitrogens with one attached hydrogen (secondary N) is 1. The van der Waals surface area contributed by atoms with E-state index in [0.717, 1.165) is 22.3 Å². The monoisotopic (exact) mass is 346 g/mol. The molecule has 0 bridgehead atoms. The Bertz CT molecular complexity index is 897. The van der Waals surface area contributed by atoms with Crippen molar-refractivity contribution in [2.75, 3.05) is 5.32 Å². The van der Waals surface area contributed by atoms with E-state index in [-0.39, 0.29) is 6.42 Å². The lowest BCUT2D eigenvalue weighted by molar-refractivity contribution is -0.136. The van der Waals surface area contributed by atoms with E-state index in [1.165, 1.54) is 0 Å². The molecule has 0 aliphatic rings. The molecule has 1 aromatic heterocycles. The Hall–Kier alpha value is -2.30. The van der Waals surface area contributed by atoms with Gasteiger partial charge in [0.05, 0.1) is 27.7 Å². The molecule has 3 rings (SSSR count). The van der Waals surface area contributed by atoms with Gasteiger partial charge in [0, 0.05) is 16.8 Å². The SMILES string of the molecule is O=C(O)Cc1cc(Nc2ccc(Cl)c(Cl)c2)c2ccccc2n1. The fraction of sp³-hybridized carbons (Fsp3) is 0.0588. The molecule has 0 aliphatic heterocycles. The van der Waals surface area contributed by atoms with Crippen LogP contribution in [0.2, 0.25) is 10.0 Å². The second kappa shape index (κ2) is 6.44. The first kappa shape index (κ1) is 15.6. The minimum Gasteiger partial charge on any atom is -0.481 e. The van der Waals surface area contributed by atoms with E-state index in [1.54, 1.807) is 24.3 Å². The van der Waals surface area contributed by atoms with Gasteiger partial charge < -0.3 is 10.4 Å². The van der Waals surface area contributed by atoms with Crippen LogP contribution in [0.15, 0.2) is 48.5 Å². The van der Waals surface area contributed by atoms with Gasteiger partial charge in [-0.05, 0) is 30.3 Å². The first-order chi connectivity index (χ1) is 11.0. The molecule has 116 valence electrons. The molecule has 0 fully saturated rings. The lowest BCUT2D eigenvalue weighted by atomic mass is 10.1. The maximum Gasteiger partial charge on any atom is 0.309 e. The van der Waals surface area contributed by atoms with Crippen molar-refractivity contribution >= 4 is 51.4 Å². The van der Waals surface area contributed by atoms with Gasteiger partial charge in [-0.3, -0.25) is 9.78 Å². The number of para-hydroxylation sites is 1. The summed E-state index contributed by atoms with van der Waals surface area (Å²) in [6, 6.07) is 14.5. The number of rotatable bonds is 4. The number of carbonyl (C=O) groups is 1. The van der Waals surface area contributed by atoms with Gasteiger partial charge in [-0.1, -0.05) is 41.4 Å². The van der Waals surface area contributed by atoms with Crippen LogP contribution in [-0.2, 0) is 11.2 Å². The van der Waals surface area contributed by atoms with E-state index in [2.05, 4.69) is 10.3 Å². The smallest absolute Gasteiger partial charge is 0.309 e. The molecule has 0 saturated heterocycles. The molecule has 4 nitrogen and oxygen atoms in total. The first-order valence-corrected chi connectivity index (χ1v) is 7.61. The highest BCUT2D eigenvalue weighted by atomic mass is 35.5. The van der Waals surface area contributed by atoms with Crippen LogP contribution in [0, 0.1) is 0 Å². The van der Waals surface area contributed by atoms with Gasteiger partial charge in [-0.15, -0.1) is 0 Å². The third-order valence-corrected chi connectivity index (χ3v) is 4.04. The number of nitrogens with zero attached hydrogens (tertiary/aromatic N) is 1. The predicted octanol–water partition coefficient (Wildman–Crippen LogP) is 4.91. The van der Waals surface area contributed by atoms with E-state index < -0.39 is 5.97 Å². The summed E-state index contributed by atoms with van der Waals surface area (Å²) in [5.41, 5.74) is 2.75. The Labute approximate surface area is 142 Å². The Morgan fingerprint density at radius 2 is 1.87 bits per heavy atom. The average Bonchev–Trinajstić information content (AvgIpc) is 2.50. The number of carboxylic acid groups (broad SMARTS) is 1. The number of hydrogen-bond donors (Lipinski definition) is 2. The van der Waals surface area contributed by atoms with Gasteiger partial charge in [0.15, 0.2) is 0 Å². The zero-order chi connectivity index (χ0) is 16.4. The van der Waals surface area contributed by atoms with Gasteiger partial charge in [0.1, 0.15) is 0 Å². The summed E-state index contributed by atoms with van der Waals surface area (Å²) in [6.45, 7) is 0.